The van der Waals surface area contributed by atoms with Gasteiger partial charge in [-0.15, -0.1) is 0 Å². The number of carbonyl (C=O) groups is 1. The van der Waals surface area contributed by atoms with E-state index < -0.39 is 0 Å². The number of benzene rings is 1. The molecule has 4 heteroatoms. The maximum Gasteiger partial charge on any atom is 0.253 e. The van der Waals surface area contributed by atoms with E-state index in [0.717, 1.165) is 31.6 Å². The molecule has 1 fully saturated rings. The van der Waals surface area contributed by atoms with Crippen LogP contribution in [-0.4, -0.2) is 33.4 Å². The van der Waals surface area contributed by atoms with Gasteiger partial charge in [0.15, 0.2) is 0 Å². The summed E-state index contributed by atoms with van der Waals surface area (Å²) in [6.07, 6.45) is 7.86. The molecule has 0 radical (unpaired) electrons. The van der Waals surface area contributed by atoms with Gasteiger partial charge in [0.05, 0.1) is 6.33 Å². The van der Waals surface area contributed by atoms with Gasteiger partial charge in [0.2, 0.25) is 0 Å². The Hall–Kier alpha value is -2.10. The van der Waals surface area contributed by atoms with Crippen molar-refractivity contribution in [3.05, 3.63) is 54.1 Å². The molecule has 0 saturated carbocycles. The summed E-state index contributed by atoms with van der Waals surface area (Å²) in [5, 5.41) is 0. The van der Waals surface area contributed by atoms with Crippen molar-refractivity contribution in [3.8, 4) is 0 Å². The van der Waals surface area contributed by atoms with Gasteiger partial charge in [0.25, 0.3) is 5.91 Å². The zero-order chi connectivity index (χ0) is 14.7. The lowest BCUT2D eigenvalue weighted by atomic mass is 9.99. The predicted octanol–water partition coefficient (Wildman–Crippen LogP) is 2.80. The molecule has 1 aliphatic rings. The third-order valence-corrected chi connectivity index (χ3v) is 4.07. The average Bonchev–Trinajstić information content (AvgIpc) is 3.00. The van der Waals surface area contributed by atoms with Gasteiger partial charge >= 0.3 is 0 Å². The van der Waals surface area contributed by atoms with Crippen molar-refractivity contribution in [2.75, 3.05) is 13.1 Å². The molecule has 2 heterocycles. The van der Waals surface area contributed by atoms with Crippen molar-refractivity contribution >= 4 is 5.91 Å². The zero-order valence-corrected chi connectivity index (χ0v) is 12.4. The molecule has 0 spiro atoms. The number of piperidine rings is 1. The van der Waals surface area contributed by atoms with E-state index >= 15 is 0 Å². The first-order valence-corrected chi connectivity index (χ1v) is 7.56. The number of carbonyl (C=O) groups excluding carboxylic acids is 1. The highest BCUT2D eigenvalue weighted by Crippen LogP contribution is 2.18. The van der Waals surface area contributed by atoms with Crippen molar-refractivity contribution in [1.29, 1.82) is 0 Å². The Morgan fingerprint density at radius 3 is 2.81 bits per heavy atom. The molecule has 1 aromatic heterocycles. The lowest BCUT2D eigenvalue weighted by Crippen LogP contribution is -2.39. The van der Waals surface area contributed by atoms with Crippen LogP contribution in [0.25, 0.3) is 0 Å². The molecular weight excluding hydrogens is 262 g/mol. The molecule has 0 aliphatic carbocycles. The summed E-state index contributed by atoms with van der Waals surface area (Å²) in [6, 6.07) is 7.93. The zero-order valence-electron chi connectivity index (χ0n) is 12.4. The normalized spacial score (nSPS) is 18.7. The second kappa shape index (κ2) is 6.12. The first kappa shape index (κ1) is 13.9. The van der Waals surface area contributed by atoms with E-state index in [2.05, 4.69) is 11.9 Å². The lowest BCUT2D eigenvalue weighted by Gasteiger charge is -2.31. The Bertz CT molecular complexity index is 589. The minimum atomic E-state index is 0.163. The summed E-state index contributed by atoms with van der Waals surface area (Å²) >= 11 is 0. The molecule has 0 N–H and O–H groups in total. The predicted molar refractivity (Wildman–Crippen MR) is 82.1 cm³/mol. The van der Waals surface area contributed by atoms with Crippen LogP contribution in [0.2, 0.25) is 0 Å². The smallest absolute Gasteiger partial charge is 0.253 e. The summed E-state index contributed by atoms with van der Waals surface area (Å²) in [4.78, 5) is 18.5. The Kier molecular flexibility index (Phi) is 4.04. The van der Waals surface area contributed by atoms with Crippen LogP contribution in [0.1, 0.15) is 35.7 Å². The summed E-state index contributed by atoms with van der Waals surface area (Å²) < 4.78 is 2.02. The number of rotatable bonds is 3. The third-order valence-electron chi connectivity index (χ3n) is 4.07. The molecule has 2 aromatic rings. The standard InChI is InChI=1S/C17H21N3O/c1-14-3-2-9-20(11-14)17(21)16-6-4-15(5-7-16)12-19-10-8-18-13-19/h4-8,10,13-14H,2-3,9,11-12H2,1H3/t14-/m0/s1. The Morgan fingerprint density at radius 2 is 2.14 bits per heavy atom. The summed E-state index contributed by atoms with van der Waals surface area (Å²) in [5.74, 6) is 0.777. The fraction of sp³-hybridized carbons (Fsp3) is 0.412. The van der Waals surface area contributed by atoms with Crippen molar-refractivity contribution in [3.63, 3.8) is 0 Å². The maximum atomic E-state index is 12.5. The average molecular weight is 283 g/mol. The van der Waals surface area contributed by atoms with Gasteiger partial charge in [-0.25, -0.2) is 4.98 Å². The van der Waals surface area contributed by atoms with Crippen LogP contribution in [0.4, 0.5) is 0 Å². The minimum Gasteiger partial charge on any atom is -0.338 e. The highest BCUT2D eigenvalue weighted by molar-refractivity contribution is 5.94. The lowest BCUT2D eigenvalue weighted by molar-refractivity contribution is 0.0683. The number of nitrogens with zero attached hydrogens (tertiary/aromatic N) is 3. The highest BCUT2D eigenvalue weighted by atomic mass is 16.2. The molecule has 1 aliphatic heterocycles. The van der Waals surface area contributed by atoms with Crippen LogP contribution in [0.3, 0.4) is 0 Å². The Balaban J connectivity index is 1.67. The Morgan fingerprint density at radius 1 is 1.33 bits per heavy atom. The number of aromatic nitrogens is 2. The summed E-state index contributed by atoms with van der Waals surface area (Å²) in [6.45, 7) is 4.78. The first-order valence-electron chi connectivity index (χ1n) is 7.56. The molecule has 1 amide bonds. The number of hydrogen-bond donors (Lipinski definition) is 0. The molecule has 1 atom stereocenters. The molecule has 1 aromatic carbocycles. The second-order valence-electron chi connectivity index (χ2n) is 5.93. The summed E-state index contributed by atoms with van der Waals surface area (Å²) in [7, 11) is 0. The third kappa shape index (κ3) is 3.32. The van der Waals surface area contributed by atoms with Gasteiger partial charge < -0.3 is 9.47 Å². The molecule has 0 unspecified atom stereocenters. The van der Waals surface area contributed by atoms with Crippen molar-refractivity contribution < 1.29 is 4.79 Å². The van der Waals surface area contributed by atoms with Crippen molar-refractivity contribution in [1.82, 2.24) is 14.5 Å². The van der Waals surface area contributed by atoms with Gasteiger partial charge in [-0.1, -0.05) is 19.1 Å². The van der Waals surface area contributed by atoms with Crippen LogP contribution < -0.4 is 0 Å². The van der Waals surface area contributed by atoms with Gasteiger partial charge in [-0.05, 0) is 36.5 Å². The number of amides is 1. The van der Waals surface area contributed by atoms with E-state index in [1.807, 2.05) is 39.9 Å². The second-order valence-corrected chi connectivity index (χ2v) is 5.93. The molecule has 1 saturated heterocycles. The fourth-order valence-electron chi connectivity index (χ4n) is 2.90. The van der Waals surface area contributed by atoms with E-state index in [0.29, 0.717) is 5.92 Å². The largest absolute Gasteiger partial charge is 0.338 e. The maximum absolute atomic E-state index is 12.5. The molecule has 110 valence electrons. The SMILES string of the molecule is C[C@H]1CCCN(C(=O)c2ccc(Cn3ccnc3)cc2)C1. The van der Waals surface area contributed by atoms with Crippen LogP contribution >= 0.6 is 0 Å². The van der Waals surface area contributed by atoms with E-state index in [4.69, 9.17) is 0 Å². The molecule has 3 rings (SSSR count). The molecule has 0 bridgehead atoms. The molecular formula is C17H21N3O. The van der Waals surface area contributed by atoms with Crippen LogP contribution in [0, 0.1) is 5.92 Å². The van der Waals surface area contributed by atoms with E-state index in [9.17, 15) is 4.79 Å². The van der Waals surface area contributed by atoms with Crippen LogP contribution in [-0.2, 0) is 6.54 Å². The number of imidazole rings is 1. The van der Waals surface area contributed by atoms with E-state index in [1.54, 1.807) is 12.5 Å². The monoisotopic (exact) mass is 283 g/mol. The summed E-state index contributed by atoms with van der Waals surface area (Å²) in [5.41, 5.74) is 1.97. The van der Waals surface area contributed by atoms with Gasteiger partial charge in [0, 0.05) is 37.6 Å². The quantitative estimate of drug-likeness (QED) is 0.868. The van der Waals surface area contributed by atoms with Crippen molar-refractivity contribution in [2.45, 2.75) is 26.3 Å². The van der Waals surface area contributed by atoms with E-state index in [1.165, 1.54) is 12.0 Å². The topological polar surface area (TPSA) is 38.1 Å². The fourth-order valence-corrected chi connectivity index (χ4v) is 2.90. The van der Waals surface area contributed by atoms with Crippen LogP contribution in [0.5, 0.6) is 0 Å². The van der Waals surface area contributed by atoms with Crippen molar-refractivity contribution in [2.24, 2.45) is 5.92 Å². The first-order chi connectivity index (χ1) is 10.2. The van der Waals surface area contributed by atoms with Crippen LogP contribution in [0.15, 0.2) is 43.0 Å². The number of likely N-dealkylation sites (tertiary alicyclic amines) is 1. The minimum absolute atomic E-state index is 0.163. The number of hydrogen-bond acceptors (Lipinski definition) is 2. The molecule has 21 heavy (non-hydrogen) atoms. The highest BCUT2D eigenvalue weighted by Gasteiger charge is 2.21. The van der Waals surface area contributed by atoms with E-state index in [-0.39, 0.29) is 5.91 Å². The van der Waals surface area contributed by atoms with Gasteiger partial charge in [-0.3, -0.25) is 4.79 Å². The Labute approximate surface area is 125 Å². The van der Waals surface area contributed by atoms with Gasteiger partial charge in [-0.2, -0.15) is 0 Å². The van der Waals surface area contributed by atoms with Gasteiger partial charge in [0.1, 0.15) is 0 Å². The molecule has 4 nitrogen and oxygen atoms in total.